The summed E-state index contributed by atoms with van der Waals surface area (Å²) < 4.78 is 0. The van der Waals surface area contributed by atoms with Crippen molar-refractivity contribution in [1.29, 1.82) is 0 Å². The standard InChI is InChI=1S/C24H26/c1-3-9-19(10-4-1)15-16-21-18-22(17-20-11-5-2-6-12-20)24-14-8-7-13-23(21)24/h1-6,9-12,18,23H,7-8,13-17H2. The molecule has 2 aromatic rings. The Bertz CT molecular complexity index is 734. The van der Waals surface area contributed by atoms with Crippen molar-refractivity contribution in [2.24, 2.45) is 5.92 Å². The summed E-state index contributed by atoms with van der Waals surface area (Å²) in [4.78, 5) is 0. The fraction of sp³-hybridized carbons (Fsp3) is 0.333. The molecule has 2 aliphatic carbocycles. The summed E-state index contributed by atoms with van der Waals surface area (Å²) in [5.74, 6) is 0.751. The summed E-state index contributed by atoms with van der Waals surface area (Å²) in [5, 5.41) is 0. The van der Waals surface area contributed by atoms with Crippen molar-refractivity contribution >= 4 is 0 Å². The van der Waals surface area contributed by atoms with Crippen LogP contribution >= 0.6 is 0 Å². The Morgan fingerprint density at radius 1 is 0.750 bits per heavy atom. The maximum Gasteiger partial charge on any atom is 0.00162 e. The van der Waals surface area contributed by atoms with Gasteiger partial charge in [-0.2, -0.15) is 0 Å². The number of hydrogen-bond acceptors (Lipinski definition) is 0. The predicted molar refractivity (Wildman–Crippen MR) is 102 cm³/mol. The SMILES string of the molecule is C1=C(CCc2ccccc2)C2CCCCC2=C1Cc1ccccc1. The first kappa shape index (κ1) is 15.4. The van der Waals surface area contributed by atoms with Crippen LogP contribution in [-0.4, -0.2) is 0 Å². The van der Waals surface area contributed by atoms with Gasteiger partial charge in [-0.05, 0) is 55.2 Å². The summed E-state index contributed by atoms with van der Waals surface area (Å²) in [7, 11) is 0. The first-order valence-electron chi connectivity index (χ1n) is 9.40. The van der Waals surface area contributed by atoms with Crippen LogP contribution in [0.5, 0.6) is 0 Å². The van der Waals surface area contributed by atoms with Gasteiger partial charge in [0.05, 0.1) is 0 Å². The van der Waals surface area contributed by atoms with E-state index in [1.54, 1.807) is 16.7 Å². The molecule has 0 amide bonds. The zero-order valence-corrected chi connectivity index (χ0v) is 14.4. The van der Waals surface area contributed by atoms with E-state index in [0.717, 1.165) is 12.3 Å². The molecule has 0 nitrogen and oxygen atoms in total. The third-order valence-corrected chi connectivity index (χ3v) is 5.61. The molecule has 4 rings (SSSR count). The Kier molecular flexibility index (Phi) is 4.64. The predicted octanol–water partition coefficient (Wildman–Crippen LogP) is 6.29. The molecule has 0 spiro atoms. The van der Waals surface area contributed by atoms with E-state index in [1.165, 1.54) is 49.7 Å². The Morgan fingerprint density at radius 2 is 1.46 bits per heavy atom. The van der Waals surface area contributed by atoms with Crippen molar-refractivity contribution < 1.29 is 0 Å². The van der Waals surface area contributed by atoms with Crippen molar-refractivity contribution in [2.45, 2.75) is 44.9 Å². The normalized spacial score (nSPS) is 20.0. The van der Waals surface area contributed by atoms with Gasteiger partial charge in [-0.3, -0.25) is 0 Å². The molecular weight excluding hydrogens is 288 g/mol. The summed E-state index contributed by atoms with van der Waals surface area (Å²) >= 11 is 0. The molecule has 2 aliphatic rings. The van der Waals surface area contributed by atoms with Crippen LogP contribution in [0.4, 0.5) is 0 Å². The highest BCUT2D eigenvalue weighted by molar-refractivity contribution is 5.45. The molecule has 122 valence electrons. The van der Waals surface area contributed by atoms with Crippen molar-refractivity contribution in [1.82, 2.24) is 0 Å². The smallest absolute Gasteiger partial charge is 0.00162 e. The van der Waals surface area contributed by atoms with Gasteiger partial charge in [-0.15, -0.1) is 0 Å². The number of fused-ring (bicyclic) bond motifs is 1. The number of allylic oxidation sites excluding steroid dienone is 4. The van der Waals surface area contributed by atoms with Crippen molar-refractivity contribution in [2.75, 3.05) is 0 Å². The number of benzene rings is 2. The van der Waals surface area contributed by atoms with Crippen LogP contribution in [0.25, 0.3) is 0 Å². The second-order valence-corrected chi connectivity index (χ2v) is 7.22. The van der Waals surface area contributed by atoms with Crippen LogP contribution in [0, 0.1) is 5.92 Å². The van der Waals surface area contributed by atoms with E-state index in [2.05, 4.69) is 66.7 Å². The first-order valence-corrected chi connectivity index (χ1v) is 9.40. The molecule has 2 aromatic carbocycles. The highest BCUT2D eigenvalue weighted by Gasteiger charge is 2.29. The van der Waals surface area contributed by atoms with Crippen LogP contribution in [0.2, 0.25) is 0 Å². The molecule has 0 aromatic heterocycles. The van der Waals surface area contributed by atoms with Gasteiger partial charge in [0.2, 0.25) is 0 Å². The van der Waals surface area contributed by atoms with Crippen LogP contribution < -0.4 is 0 Å². The van der Waals surface area contributed by atoms with Gasteiger partial charge in [0, 0.05) is 5.92 Å². The highest BCUT2D eigenvalue weighted by Crippen LogP contribution is 2.44. The van der Waals surface area contributed by atoms with E-state index in [9.17, 15) is 0 Å². The van der Waals surface area contributed by atoms with Crippen molar-refractivity contribution in [3.63, 3.8) is 0 Å². The molecule has 0 aliphatic heterocycles. The quantitative estimate of drug-likeness (QED) is 0.608. The van der Waals surface area contributed by atoms with Crippen LogP contribution in [-0.2, 0) is 12.8 Å². The lowest BCUT2D eigenvalue weighted by atomic mass is 9.80. The van der Waals surface area contributed by atoms with E-state index in [4.69, 9.17) is 0 Å². The molecule has 1 atom stereocenters. The molecule has 1 fully saturated rings. The topological polar surface area (TPSA) is 0 Å². The molecular formula is C24H26. The third-order valence-electron chi connectivity index (χ3n) is 5.61. The zero-order valence-electron chi connectivity index (χ0n) is 14.4. The zero-order chi connectivity index (χ0) is 16.2. The highest BCUT2D eigenvalue weighted by atomic mass is 14.3. The molecule has 0 heterocycles. The van der Waals surface area contributed by atoms with E-state index < -0.39 is 0 Å². The third kappa shape index (κ3) is 3.38. The van der Waals surface area contributed by atoms with E-state index in [0.29, 0.717) is 0 Å². The minimum atomic E-state index is 0.751. The average Bonchev–Trinajstić information content (AvgIpc) is 3.00. The van der Waals surface area contributed by atoms with Gasteiger partial charge < -0.3 is 0 Å². The Morgan fingerprint density at radius 3 is 2.21 bits per heavy atom. The average molecular weight is 314 g/mol. The van der Waals surface area contributed by atoms with Gasteiger partial charge in [-0.25, -0.2) is 0 Å². The molecule has 0 heteroatoms. The van der Waals surface area contributed by atoms with Gasteiger partial charge >= 0.3 is 0 Å². The minimum absolute atomic E-state index is 0.751. The summed E-state index contributed by atoms with van der Waals surface area (Å²) in [5.41, 5.74) is 7.98. The lowest BCUT2D eigenvalue weighted by molar-refractivity contribution is 0.496. The van der Waals surface area contributed by atoms with Crippen molar-refractivity contribution in [3.05, 3.63) is 94.6 Å². The number of hydrogen-bond donors (Lipinski definition) is 0. The monoisotopic (exact) mass is 314 g/mol. The fourth-order valence-electron chi connectivity index (χ4n) is 4.38. The lowest BCUT2D eigenvalue weighted by Crippen LogP contribution is -2.11. The molecule has 1 saturated carbocycles. The van der Waals surface area contributed by atoms with Crippen LogP contribution in [0.3, 0.4) is 0 Å². The lowest BCUT2D eigenvalue weighted by Gasteiger charge is -2.25. The Labute approximate surface area is 145 Å². The molecule has 0 saturated heterocycles. The second-order valence-electron chi connectivity index (χ2n) is 7.22. The second kappa shape index (κ2) is 7.21. The first-order chi connectivity index (χ1) is 11.9. The summed E-state index contributed by atoms with van der Waals surface area (Å²) in [6.07, 6.45) is 11.5. The maximum absolute atomic E-state index is 2.56. The van der Waals surface area contributed by atoms with Gasteiger partial charge in [0.25, 0.3) is 0 Å². The maximum atomic E-state index is 2.56. The molecule has 0 radical (unpaired) electrons. The molecule has 0 bridgehead atoms. The number of aryl methyl sites for hydroxylation is 1. The largest absolute Gasteiger partial charge is 0.0624 e. The molecule has 0 N–H and O–H groups in total. The van der Waals surface area contributed by atoms with Crippen LogP contribution in [0.1, 0.15) is 43.2 Å². The van der Waals surface area contributed by atoms with Crippen LogP contribution in [0.15, 0.2) is 83.5 Å². The minimum Gasteiger partial charge on any atom is -0.0624 e. The van der Waals surface area contributed by atoms with E-state index in [1.807, 2.05) is 0 Å². The summed E-state index contributed by atoms with van der Waals surface area (Å²) in [6, 6.07) is 21.9. The molecule has 24 heavy (non-hydrogen) atoms. The number of rotatable bonds is 5. The van der Waals surface area contributed by atoms with Gasteiger partial charge in [-0.1, -0.05) is 84.3 Å². The summed E-state index contributed by atoms with van der Waals surface area (Å²) in [6.45, 7) is 0. The van der Waals surface area contributed by atoms with E-state index >= 15 is 0 Å². The van der Waals surface area contributed by atoms with Gasteiger partial charge in [0.1, 0.15) is 0 Å². The Hall–Kier alpha value is -2.08. The molecule has 1 unspecified atom stereocenters. The van der Waals surface area contributed by atoms with E-state index in [-0.39, 0.29) is 0 Å². The fourth-order valence-corrected chi connectivity index (χ4v) is 4.38. The van der Waals surface area contributed by atoms with Gasteiger partial charge in [0.15, 0.2) is 0 Å². The Balaban J connectivity index is 1.51. The van der Waals surface area contributed by atoms with Crippen molar-refractivity contribution in [3.8, 4) is 0 Å².